The molecule has 31 heavy (non-hydrogen) atoms. The molecule has 0 fully saturated rings. The summed E-state index contributed by atoms with van der Waals surface area (Å²) in [5, 5.41) is 42.9. The summed E-state index contributed by atoms with van der Waals surface area (Å²) >= 11 is 0. The van der Waals surface area contributed by atoms with E-state index in [1.54, 1.807) is 27.7 Å². The standard InChI is InChI=1S/C20H21F3N2O6/c1-9(2)13-5-11(7-15(18(13)26)24(28)29)17(20(21,22)23)12-6-14(10(3)4)19(27)16(8-12)25(30)31/h5-10,17,26-27H,1-4H3. The van der Waals surface area contributed by atoms with Crippen molar-refractivity contribution in [2.45, 2.75) is 51.6 Å². The largest absolute Gasteiger partial charge is 0.502 e. The summed E-state index contributed by atoms with van der Waals surface area (Å²) < 4.78 is 42.5. The number of nitrogens with zero attached hydrogens (tertiary/aromatic N) is 2. The Kier molecular flexibility index (Phi) is 6.48. The molecule has 0 heterocycles. The van der Waals surface area contributed by atoms with Gasteiger partial charge < -0.3 is 10.2 Å². The Hall–Kier alpha value is -3.37. The summed E-state index contributed by atoms with van der Waals surface area (Å²) in [6.07, 6.45) is -4.97. The number of aromatic hydroxyl groups is 2. The third kappa shape index (κ3) is 4.70. The Morgan fingerprint density at radius 2 is 1.10 bits per heavy atom. The quantitative estimate of drug-likeness (QED) is 0.426. The van der Waals surface area contributed by atoms with E-state index in [1.165, 1.54) is 0 Å². The molecule has 11 heteroatoms. The van der Waals surface area contributed by atoms with Crippen LogP contribution in [0.25, 0.3) is 0 Å². The molecule has 0 spiro atoms. The van der Waals surface area contributed by atoms with Crippen molar-refractivity contribution in [1.82, 2.24) is 0 Å². The first-order valence-corrected chi connectivity index (χ1v) is 9.25. The van der Waals surface area contributed by atoms with Crippen LogP contribution in [0.3, 0.4) is 0 Å². The molecular formula is C20H21F3N2O6. The lowest BCUT2D eigenvalue weighted by molar-refractivity contribution is -0.386. The van der Waals surface area contributed by atoms with Gasteiger partial charge in [-0.05, 0) is 23.0 Å². The summed E-state index contributed by atoms with van der Waals surface area (Å²) in [7, 11) is 0. The number of benzene rings is 2. The molecule has 0 aliphatic heterocycles. The molecule has 2 N–H and O–H groups in total. The molecule has 0 amide bonds. The third-order valence-corrected chi connectivity index (χ3v) is 4.91. The zero-order chi connectivity index (χ0) is 23.8. The van der Waals surface area contributed by atoms with Crippen molar-refractivity contribution in [1.29, 1.82) is 0 Å². The lowest BCUT2D eigenvalue weighted by Gasteiger charge is -2.24. The van der Waals surface area contributed by atoms with Crippen molar-refractivity contribution in [3.63, 3.8) is 0 Å². The second kappa shape index (κ2) is 8.40. The van der Waals surface area contributed by atoms with Gasteiger partial charge in [-0.15, -0.1) is 0 Å². The third-order valence-electron chi connectivity index (χ3n) is 4.91. The second-order valence-corrected chi connectivity index (χ2v) is 7.75. The van der Waals surface area contributed by atoms with E-state index in [0.717, 1.165) is 12.1 Å². The zero-order valence-electron chi connectivity index (χ0n) is 17.1. The number of phenols is 2. The van der Waals surface area contributed by atoms with E-state index in [0.29, 0.717) is 12.1 Å². The average molecular weight is 442 g/mol. The van der Waals surface area contributed by atoms with Crippen LogP contribution in [-0.2, 0) is 0 Å². The van der Waals surface area contributed by atoms with Crippen molar-refractivity contribution in [3.8, 4) is 11.5 Å². The highest BCUT2D eigenvalue weighted by atomic mass is 19.4. The van der Waals surface area contributed by atoms with Crippen molar-refractivity contribution in [3.05, 3.63) is 66.7 Å². The number of hydrogen-bond acceptors (Lipinski definition) is 6. The van der Waals surface area contributed by atoms with Gasteiger partial charge in [0.2, 0.25) is 0 Å². The molecule has 0 aliphatic rings. The summed E-state index contributed by atoms with van der Waals surface area (Å²) in [5.74, 6) is -4.99. The van der Waals surface area contributed by atoms with Crippen molar-refractivity contribution in [2.24, 2.45) is 0 Å². The molecule has 2 rings (SSSR count). The van der Waals surface area contributed by atoms with Gasteiger partial charge in [0.1, 0.15) is 5.92 Å². The maximum Gasteiger partial charge on any atom is 0.399 e. The van der Waals surface area contributed by atoms with E-state index in [2.05, 4.69) is 0 Å². The van der Waals surface area contributed by atoms with Crippen LogP contribution in [0.15, 0.2) is 24.3 Å². The van der Waals surface area contributed by atoms with Gasteiger partial charge in [-0.1, -0.05) is 39.8 Å². The van der Waals surface area contributed by atoms with Crippen LogP contribution < -0.4 is 0 Å². The molecule has 0 aliphatic carbocycles. The lowest BCUT2D eigenvalue weighted by atomic mass is 9.85. The van der Waals surface area contributed by atoms with Crippen LogP contribution in [0, 0.1) is 20.2 Å². The molecule has 2 aromatic carbocycles. The van der Waals surface area contributed by atoms with Gasteiger partial charge in [0.05, 0.1) is 9.85 Å². The minimum atomic E-state index is -4.97. The van der Waals surface area contributed by atoms with E-state index >= 15 is 0 Å². The Bertz CT molecular complexity index is 959. The predicted octanol–water partition coefficient (Wildman–Crippen LogP) is 5.86. The van der Waals surface area contributed by atoms with E-state index in [1.807, 2.05) is 0 Å². The molecule has 8 nitrogen and oxygen atoms in total. The topological polar surface area (TPSA) is 127 Å². The zero-order valence-corrected chi connectivity index (χ0v) is 17.1. The highest BCUT2D eigenvalue weighted by Gasteiger charge is 2.44. The molecule has 0 bridgehead atoms. The van der Waals surface area contributed by atoms with Crippen LogP contribution >= 0.6 is 0 Å². The maximum absolute atomic E-state index is 14.2. The number of nitro benzene ring substituents is 2. The van der Waals surface area contributed by atoms with Gasteiger partial charge in [-0.2, -0.15) is 13.2 Å². The first-order valence-electron chi connectivity index (χ1n) is 9.25. The van der Waals surface area contributed by atoms with Crippen LogP contribution in [0.1, 0.15) is 67.7 Å². The van der Waals surface area contributed by atoms with Crippen LogP contribution in [0.4, 0.5) is 24.5 Å². The summed E-state index contributed by atoms with van der Waals surface area (Å²) in [5.41, 5.74) is -3.00. The van der Waals surface area contributed by atoms with Crippen LogP contribution in [0.5, 0.6) is 11.5 Å². The highest BCUT2D eigenvalue weighted by molar-refractivity contribution is 5.59. The van der Waals surface area contributed by atoms with Gasteiger partial charge in [0, 0.05) is 23.3 Å². The Balaban J connectivity index is 2.92. The Labute approximate surface area is 175 Å². The smallest absolute Gasteiger partial charge is 0.399 e. The number of halogens is 3. The van der Waals surface area contributed by atoms with Crippen LogP contribution in [0.2, 0.25) is 0 Å². The van der Waals surface area contributed by atoms with Crippen molar-refractivity contribution in [2.75, 3.05) is 0 Å². The molecule has 168 valence electrons. The van der Waals surface area contributed by atoms with Gasteiger partial charge in [0.15, 0.2) is 11.5 Å². The molecular weight excluding hydrogens is 421 g/mol. The lowest BCUT2D eigenvalue weighted by Crippen LogP contribution is -2.23. The van der Waals surface area contributed by atoms with Crippen LogP contribution in [-0.4, -0.2) is 26.2 Å². The minimum absolute atomic E-state index is 0.0594. The monoisotopic (exact) mass is 442 g/mol. The van der Waals surface area contributed by atoms with Gasteiger partial charge in [-0.25, -0.2) is 0 Å². The maximum atomic E-state index is 14.2. The molecule has 0 atom stereocenters. The fourth-order valence-corrected chi connectivity index (χ4v) is 3.39. The minimum Gasteiger partial charge on any atom is -0.502 e. The van der Waals surface area contributed by atoms with E-state index < -0.39 is 67.8 Å². The van der Waals surface area contributed by atoms with E-state index in [-0.39, 0.29) is 11.1 Å². The van der Waals surface area contributed by atoms with Gasteiger partial charge in [0.25, 0.3) is 0 Å². The van der Waals surface area contributed by atoms with Gasteiger partial charge in [-0.3, -0.25) is 20.2 Å². The molecule has 2 aromatic rings. The highest BCUT2D eigenvalue weighted by Crippen LogP contribution is 2.47. The first kappa shape index (κ1) is 23.9. The number of alkyl halides is 3. The number of rotatable bonds is 6. The Morgan fingerprint density at radius 1 is 0.774 bits per heavy atom. The van der Waals surface area contributed by atoms with E-state index in [9.17, 15) is 43.6 Å². The summed E-state index contributed by atoms with van der Waals surface area (Å²) in [6, 6.07) is 3.26. The molecule has 0 saturated carbocycles. The summed E-state index contributed by atoms with van der Waals surface area (Å²) in [6.45, 7) is 6.20. The number of hydrogen-bond donors (Lipinski definition) is 2. The molecule has 0 aromatic heterocycles. The molecule has 0 radical (unpaired) electrons. The van der Waals surface area contributed by atoms with Crippen molar-refractivity contribution >= 4 is 11.4 Å². The average Bonchev–Trinajstić information content (AvgIpc) is 2.61. The summed E-state index contributed by atoms with van der Waals surface area (Å²) in [4.78, 5) is 20.7. The van der Waals surface area contributed by atoms with E-state index in [4.69, 9.17) is 0 Å². The Morgan fingerprint density at radius 3 is 1.32 bits per heavy atom. The second-order valence-electron chi connectivity index (χ2n) is 7.75. The molecule has 0 saturated heterocycles. The SMILES string of the molecule is CC(C)c1cc(C(c2cc(C(C)C)c(O)c([N+](=O)[O-])c2)C(F)(F)F)cc([N+](=O)[O-])c1O. The number of nitro groups is 2. The fourth-order valence-electron chi connectivity index (χ4n) is 3.39. The molecule has 0 unspecified atom stereocenters. The predicted molar refractivity (Wildman–Crippen MR) is 106 cm³/mol. The fraction of sp³-hybridized carbons (Fsp3) is 0.400. The number of phenolic OH excluding ortho intramolecular Hbond substituents is 2. The normalized spacial score (nSPS) is 12.1. The van der Waals surface area contributed by atoms with Gasteiger partial charge >= 0.3 is 17.6 Å². The first-order chi connectivity index (χ1) is 14.2. The van der Waals surface area contributed by atoms with Crippen molar-refractivity contribution < 1.29 is 33.2 Å².